The lowest BCUT2D eigenvalue weighted by Gasteiger charge is -2.14. The quantitative estimate of drug-likeness (QED) is 0.660. The van der Waals surface area contributed by atoms with E-state index in [0.717, 1.165) is 5.56 Å². The maximum atomic E-state index is 10.6. The van der Waals surface area contributed by atoms with Crippen LogP contribution in [0.4, 0.5) is 0 Å². The van der Waals surface area contributed by atoms with Crippen LogP contribution >= 0.6 is 0 Å². The molecule has 6 nitrogen and oxygen atoms in total. The molecular weight excluding hydrogens is 262 g/mol. The summed E-state index contributed by atoms with van der Waals surface area (Å²) in [7, 11) is 0. The molecule has 3 atom stereocenters. The Morgan fingerprint density at radius 2 is 2.15 bits per heavy atom. The van der Waals surface area contributed by atoms with Crippen LogP contribution in [0.5, 0.6) is 5.75 Å². The van der Waals surface area contributed by atoms with Gasteiger partial charge in [0.2, 0.25) is 12.2 Å². The van der Waals surface area contributed by atoms with Gasteiger partial charge in [0.25, 0.3) is 0 Å². The second kappa shape index (κ2) is 6.51. The second-order valence-electron chi connectivity index (χ2n) is 4.51. The lowest BCUT2D eigenvalue weighted by Crippen LogP contribution is -2.24. The normalized spacial score (nSPS) is 26.0. The maximum Gasteiger partial charge on any atom is 0.241 e. The van der Waals surface area contributed by atoms with E-state index in [1.807, 2.05) is 0 Å². The number of hydrogen-bond acceptors (Lipinski definition) is 5. The minimum absolute atomic E-state index is 0.238. The van der Waals surface area contributed by atoms with E-state index in [1.165, 1.54) is 6.08 Å². The van der Waals surface area contributed by atoms with E-state index in [2.05, 4.69) is 0 Å². The van der Waals surface area contributed by atoms with E-state index in [1.54, 1.807) is 30.3 Å². The fourth-order valence-electron chi connectivity index (χ4n) is 1.92. The predicted octanol–water partition coefficient (Wildman–Crippen LogP) is 0.0321. The van der Waals surface area contributed by atoms with Crippen LogP contribution in [0.1, 0.15) is 12.0 Å². The van der Waals surface area contributed by atoms with E-state index in [4.69, 9.17) is 20.3 Å². The van der Waals surface area contributed by atoms with Crippen molar-refractivity contribution >= 4 is 12.0 Å². The van der Waals surface area contributed by atoms with Crippen molar-refractivity contribution in [1.29, 1.82) is 0 Å². The first-order valence-electron chi connectivity index (χ1n) is 6.27. The number of rotatable bonds is 5. The largest absolute Gasteiger partial charge is 0.465 e. The second-order valence-corrected chi connectivity index (χ2v) is 4.51. The number of carbonyl (C=O) groups excluding carboxylic acids is 1. The molecular formula is C14H17NO5. The first-order valence-corrected chi connectivity index (χ1v) is 6.27. The highest BCUT2D eigenvalue weighted by Gasteiger charge is 2.34. The predicted molar refractivity (Wildman–Crippen MR) is 71.7 cm³/mol. The Bertz CT molecular complexity index is 485. The Labute approximate surface area is 116 Å². The van der Waals surface area contributed by atoms with E-state index < -0.39 is 24.4 Å². The smallest absolute Gasteiger partial charge is 0.241 e. The lowest BCUT2D eigenvalue weighted by atomic mass is 10.2. The molecule has 1 aliphatic heterocycles. The average molecular weight is 279 g/mol. The molecule has 0 saturated carbocycles. The van der Waals surface area contributed by atoms with Crippen LogP contribution in [-0.4, -0.2) is 41.2 Å². The van der Waals surface area contributed by atoms with Gasteiger partial charge in [-0.2, -0.15) is 0 Å². The number of carbonyl (C=O) groups is 1. The molecule has 0 unspecified atom stereocenters. The van der Waals surface area contributed by atoms with Gasteiger partial charge in [0.15, 0.2) is 0 Å². The number of amides is 1. The van der Waals surface area contributed by atoms with Gasteiger partial charge in [0.05, 0.1) is 12.7 Å². The van der Waals surface area contributed by atoms with Crippen molar-refractivity contribution in [2.45, 2.75) is 24.9 Å². The molecule has 4 N–H and O–H groups in total. The number of ether oxygens (including phenoxy) is 2. The Hall–Kier alpha value is -1.89. The summed E-state index contributed by atoms with van der Waals surface area (Å²) in [6, 6.07) is 6.98. The standard InChI is InChI=1S/C14H17NO5/c15-13(18)6-3-9-1-4-10(5-2-9)19-14-7-11(17)12(8-16)20-14/h1-6,11-12,14,16-17H,7-8H2,(H2,15,18)/b6-3+/t11-,12+,14+/m0/s1. The molecule has 6 heteroatoms. The topological polar surface area (TPSA) is 102 Å². The zero-order valence-corrected chi connectivity index (χ0v) is 10.8. The van der Waals surface area contributed by atoms with Gasteiger partial charge in [-0.1, -0.05) is 12.1 Å². The first kappa shape index (κ1) is 14.5. The molecule has 2 rings (SSSR count). The molecule has 1 saturated heterocycles. The van der Waals surface area contributed by atoms with Gasteiger partial charge >= 0.3 is 0 Å². The van der Waals surface area contributed by atoms with Crippen molar-refractivity contribution in [3.8, 4) is 5.75 Å². The summed E-state index contributed by atoms with van der Waals surface area (Å²) in [6.45, 7) is -0.238. The van der Waals surface area contributed by atoms with Crippen molar-refractivity contribution in [3.63, 3.8) is 0 Å². The Morgan fingerprint density at radius 1 is 1.45 bits per heavy atom. The van der Waals surface area contributed by atoms with E-state index in [0.29, 0.717) is 12.2 Å². The van der Waals surface area contributed by atoms with Crippen molar-refractivity contribution in [2.24, 2.45) is 5.73 Å². The summed E-state index contributed by atoms with van der Waals surface area (Å²) in [5.74, 6) is 0.0747. The third kappa shape index (κ3) is 3.80. The van der Waals surface area contributed by atoms with Gasteiger partial charge in [-0.05, 0) is 23.8 Å². The third-order valence-corrected chi connectivity index (χ3v) is 2.96. The Balaban J connectivity index is 1.93. The molecule has 1 heterocycles. The van der Waals surface area contributed by atoms with Crippen LogP contribution in [0, 0.1) is 0 Å². The highest BCUT2D eigenvalue weighted by atomic mass is 16.7. The molecule has 0 bridgehead atoms. The SMILES string of the molecule is NC(=O)/C=C/c1ccc(O[C@H]2C[C@H](O)[C@@H](CO)O2)cc1. The molecule has 108 valence electrons. The van der Waals surface area contributed by atoms with Gasteiger partial charge in [-0.15, -0.1) is 0 Å². The van der Waals surface area contributed by atoms with E-state index in [9.17, 15) is 9.90 Å². The highest BCUT2D eigenvalue weighted by molar-refractivity contribution is 5.90. The Morgan fingerprint density at radius 3 is 2.70 bits per heavy atom. The number of aliphatic hydroxyl groups is 2. The van der Waals surface area contributed by atoms with Crippen LogP contribution in [0.15, 0.2) is 30.3 Å². The third-order valence-electron chi connectivity index (χ3n) is 2.96. The minimum Gasteiger partial charge on any atom is -0.465 e. The van der Waals surface area contributed by atoms with Crippen LogP contribution in [0.3, 0.4) is 0 Å². The summed E-state index contributed by atoms with van der Waals surface area (Å²) < 4.78 is 10.9. The van der Waals surface area contributed by atoms with E-state index in [-0.39, 0.29) is 6.61 Å². The van der Waals surface area contributed by atoms with E-state index >= 15 is 0 Å². The summed E-state index contributed by atoms with van der Waals surface area (Å²) in [4.78, 5) is 10.6. The van der Waals surface area contributed by atoms with Crippen molar-refractivity contribution < 1.29 is 24.5 Å². The van der Waals surface area contributed by atoms with Gasteiger partial charge in [-0.25, -0.2) is 0 Å². The lowest BCUT2D eigenvalue weighted by molar-refractivity contribution is -0.113. The molecule has 1 aliphatic rings. The van der Waals surface area contributed by atoms with Crippen LogP contribution < -0.4 is 10.5 Å². The van der Waals surface area contributed by atoms with Crippen molar-refractivity contribution in [3.05, 3.63) is 35.9 Å². The van der Waals surface area contributed by atoms with Gasteiger partial charge in [-0.3, -0.25) is 4.79 Å². The number of hydrogen-bond donors (Lipinski definition) is 3. The number of benzene rings is 1. The summed E-state index contributed by atoms with van der Waals surface area (Å²) >= 11 is 0. The van der Waals surface area contributed by atoms with Crippen LogP contribution in [0.2, 0.25) is 0 Å². The van der Waals surface area contributed by atoms with Crippen molar-refractivity contribution in [1.82, 2.24) is 0 Å². The number of aliphatic hydroxyl groups excluding tert-OH is 2. The molecule has 20 heavy (non-hydrogen) atoms. The van der Waals surface area contributed by atoms with Gasteiger partial charge in [0, 0.05) is 12.5 Å². The fourth-order valence-corrected chi connectivity index (χ4v) is 1.92. The minimum atomic E-state index is -0.720. The number of primary amides is 1. The van der Waals surface area contributed by atoms with Crippen LogP contribution in [0.25, 0.3) is 6.08 Å². The zero-order valence-electron chi connectivity index (χ0n) is 10.8. The highest BCUT2D eigenvalue weighted by Crippen LogP contribution is 2.24. The van der Waals surface area contributed by atoms with Crippen molar-refractivity contribution in [2.75, 3.05) is 6.61 Å². The Kier molecular flexibility index (Phi) is 4.73. The monoisotopic (exact) mass is 279 g/mol. The summed E-state index contributed by atoms with van der Waals surface area (Å²) in [5, 5.41) is 18.6. The molecule has 1 aromatic carbocycles. The summed E-state index contributed by atoms with van der Waals surface area (Å²) in [6.07, 6.45) is 1.30. The molecule has 0 radical (unpaired) electrons. The van der Waals surface area contributed by atoms with Crippen LogP contribution in [-0.2, 0) is 9.53 Å². The zero-order chi connectivity index (χ0) is 14.5. The first-order chi connectivity index (χ1) is 9.58. The maximum absolute atomic E-state index is 10.6. The summed E-state index contributed by atoms with van der Waals surface area (Å²) in [5.41, 5.74) is 5.82. The van der Waals surface area contributed by atoms with Gasteiger partial charge in [0.1, 0.15) is 11.9 Å². The number of nitrogens with two attached hydrogens (primary N) is 1. The molecule has 0 spiro atoms. The average Bonchev–Trinajstić information content (AvgIpc) is 2.78. The van der Waals surface area contributed by atoms with Gasteiger partial charge < -0.3 is 25.4 Å². The molecule has 1 fully saturated rings. The molecule has 1 amide bonds. The molecule has 1 aromatic rings. The molecule has 0 aromatic heterocycles. The fraction of sp³-hybridized carbons (Fsp3) is 0.357. The molecule has 0 aliphatic carbocycles.